The predicted molar refractivity (Wildman–Crippen MR) is 137 cm³/mol. The summed E-state index contributed by atoms with van der Waals surface area (Å²) in [6.07, 6.45) is 0. The van der Waals surface area contributed by atoms with Gasteiger partial charge < -0.3 is 19.7 Å². The number of phenols is 2. The van der Waals surface area contributed by atoms with Crippen LogP contribution in [0.3, 0.4) is 0 Å². The zero-order valence-electron chi connectivity index (χ0n) is 20.5. The molecule has 0 atom stereocenters. The van der Waals surface area contributed by atoms with Crippen LogP contribution in [0.1, 0.15) is 59.5 Å². The largest absolute Gasteiger partial charge is 0.504 e. The fourth-order valence-electron chi connectivity index (χ4n) is 3.85. The molecule has 4 aromatic carbocycles. The Balaban J connectivity index is 2.05. The summed E-state index contributed by atoms with van der Waals surface area (Å²) in [5, 5.41) is 22.0. The lowest BCUT2D eigenvalue weighted by Gasteiger charge is -2.19. The number of benzene rings is 4. The number of halogens is 1. The molecule has 39 heavy (non-hydrogen) atoms. The van der Waals surface area contributed by atoms with Gasteiger partial charge in [-0.2, -0.15) is 0 Å². The van der Waals surface area contributed by atoms with Crippen LogP contribution < -0.4 is 4.74 Å². The maximum Gasteiger partial charge on any atom is 0.343 e. The number of esters is 2. The van der Waals surface area contributed by atoms with Crippen LogP contribution >= 0.6 is 0 Å². The van der Waals surface area contributed by atoms with E-state index in [1.54, 1.807) is 24.3 Å². The number of carbonyl (C=O) groups excluding carboxylic acids is 4. The van der Waals surface area contributed by atoms with E-state index in [1.165, 1.54) is 43.3 Å². The van der Waals surface area contributed by atoms with E-state index < -0.39 is 63.3 Å². The molecule has 0 aliphatic carbocycles. The summed E-state index contributed by atoms with van der Waals surface area (Å²) in [4.78, 5) is 53.5. The number of carbonyl (C=O) groups is 4. The summed E-state index contributed by atoms with van der Waals surface area (Å²) in [6.45, 7) is 1.30. The van der Waals surface area contributed by atoms with Crippen LogP contribution in [-0.4, -0.2) is 40.3 Å². The van der Waals surface area contributed by atoms with Crippen molar-refractivity contribution < 1.29 is 43.3 Å². The van der Waals surface area contributed by atoms with Gasteiger partial charge in [0.15, 0.2) is 23.1 Å². The molecule has 0 saturated carbocycles. The van der Waals surface area contributed by atoms with E-state index in [4.69, 9.17) is 9.47 Å². The first-order valence-electron chi connectivity index (χ1n) is 11.7. The molecule has 0 bridgehead atoms. The Kier molecular flexibility index (Phi) is 7.81. The Morgan fingerprint density at radius 3 is 1.72 bits per heavy atom. The second-order valence-corrected chi connectivity index (χ2v) is 8.16. The maximum atomic E-state index is 13.8. The van der Waals surface area contributed by atoms with Crippen LogP contribution in [0.5, 0.6) is 17.2 Å². The molecule has 0 saturated heterocycles. The fraction of sp³-hybridized carbons (Fsp3) is 0.0667. The third-order valence-electron chi connectivity index (χ3n) is 5.68. The summed E-state index contributed by atoms with van der Waals surface area (Å²) < 4.78 is 24.1. The van der Waals surface area contributed by atoms with Crippen LogP contribution in [0.15, 0.2) is 84.9 Å². The van der Waals surface area contributed by atoms with Gasteiger partial charge in [-0.1, -0.05) is 48.5 Å². The normalized spacial score (nSPS) is 10.5. The second-order valence-electron chi connectivity index (χ2n) is 8.16. The van der Waals surface area contributed by atoms with Crippen LogP contribution in [0.25, 0.3) is 0 Å². The van der Waals surface area contributed by atoms with E-state index in [1.807, 2.05) is 0 Å². The quantitative estimate of drug-likeness (QED) is 0.140. The molecule has 0 spiro atoms. The molecule has 196 valence electrons. The van der Waals surface area contributed by atoms with Gasteiger partial charge in [0.1, 0.15) is 5.82 Å². The smallest absolute Gasteiger partial charge is 0.343 e. The Labute approximate surface area is 221 Å². The Morgan fingerprint density at radius 2 is 1.15 bits per heavy atom. The van der Waals surface area contributed by atoms with Gasteiger partial charge in [-0.25, -0.2) is 14.0 Å². The first-order valence-corrected chi connectivity index (χ1v) is 11.7. The standard InChI is InChI=1S/C30H21FO8/c1-2-38-30(37)21-22(24(32)17-9-5-3-6-10-17)26(34)27(35)28(39-29(36)19-11-7-4-8-12-19)23(21)25(33)18-13-15-20(31)16-14-18/h3-16,34-35H,2H2,1H3. The lowest BCUT2D eigenvalue weighted by molar-refractivity contribution is 0.0517. The van der Waals surface area contributed by atoms with Gasteiger partial charge in [-0.05, 0) is 43.3 Å². The molecule has 0 aromatic heterocycles. The molecule has 9 heteroatoms. The van der Waals surface area contributed by atoms with Crippen molar-refractivity contribution >= 4 is 23.5 Å². The molecule has 2 N–H and O–H groups in total. The van der Waals surface area contributed by atoms with E-state index >= 15 is 0 Å². The molecule has 4 rings (SSSR count). The van der Waals surface area contributed by atoms with Crippen molar-refractivity contribution in [1.29, 1.82) is 0 Å². The summed E-state index contributed by atoms with van der Waals surface area (Å²) in [6, 6.07) is 19.3. The highest BCUT2D eigenvalue weighted by Crippen LogP contribution is 2.46. The highest BCUT2D eigenvalue weighted by molar-refractivity contribution is 6.24. The van der Waals surface area contributed by atoms with Crippen LogP contribution in [0.2, 0.25) is 0 Å². The van der Waals surface area contributed by atoms with Crippen LogP contribution in [0.4, 0.5) is 4.39 Å². The molecule has 0 fully saturated rings. The van der Waals surface area contributed by atoms with E-state index in [9.17, 15) is 33.8 Å². The van der Waals surface area contributed by atoms with Gasteiger partial charge in [0.25, 0.3) is 0 Å². The monoisotopic (exact) mass is 528 g/mol. The number of phenolic OH excluding ortho intramolecular Hbond substituents is 2. The number of ketones is 2. The first kappa shape index (κ1) is 26.7. The van der Waals surface area contributed by atoms with Crippen molar-refractivity contribution in [3.63, 3.8) is 0 Å². The molecular weight excluding hydrogens is 507 g/mol. The van der Waals surface area contributed by atoms with Crippen molar-refractivity contribution in [2.45, 2.75) is 6.92 Å². The van der Waals surface area contributed by atoms with Crippen molar-refractivity contribution in [1.82, 2.24) is 0 Å². The number of aromatic hydroxyl groups is 2. The van der Waals surface area contributed by atoms with Crippen LogP contribution in [0, 0.1) is 5.82 Å². The van der Waals surface area contributed by atoms with E-state index in [-0.39, 0.29) is 23.3 Å². The SMILES string of the molecule is CCOC(=O)c1c(C(=O)c2ccccc2)c(O)c(O)c(OC(=O)c2ccccc2)c1C(=O)c1ccc(F)cc1. The topological polar surface area (TPSA) is 127 Å². The molecule has 0 aliphatic rings. The fourth-order valence-corrected chi connectivity index (χ4v) is 3.85. The predicted octanol–water partition coefficient (Wildman–Crippen LogP) is 5.09. The zero-order chi connectivity index (χ0) is 28.1. The Hall–Kier alpha value is -5.31. The van der Waals surface area contributed by atoms with Crippen molar-refractivity contribution in [2.75, 3.05) is 6.61 Å². The van der Waals surface area contributed by atoms with Gasteiger partial charge in [0, 0.05) is 11.1 Å². The third-order valence-corrected chi connectivity index (χ3v) is 5.68. The molecule has 0 radical (unpaired) electrons. The summed E-state index contributed by atoms with van der Waals surface area (Å²) >= 11 is 0. The average Bonchev–Trinajstić information content (AvgIpc) is 2.96. The molecule has 0 amide bonds. The highest BCUT2D eigenvalue weighted by Gasteiger charge is 2.37. The molecule has 0 aliphatic heterocycles. The zero-order valence-corrected chi connectivity index (χ0v) is 20.5. The minimum absolute atomic E-state index is 0.0203. The number of ether oxygens (including phenoxy) is 2. The molecule has 8 nitrogen and oxygen atoms in total. The lowest BCUT2D eigenvalue weighted by atomic mass is 9.88. The van der Waals surface area contributed by atoms with Crippen molar-refractivity contribution in [3.8, 4) is 17.2 Å². The van der Waals surface area contributed by atoms with Gasteiger partial charge in [-0.3, -0.25) is 9.59 Å². The van der Waals surface area contributed by atoms with E-state index in [0.29, 0.717) is 0 Å². The van der Waals surface area contributed by atoms with Gasteiger partial charge >= 0.3 is 11.9 Å². The average molecular weight is 528 g/mol. The van der Waals surface area contributed by atoms with Gasteiger partial charge in [0.05, 0.1) is 28.9 Å². The van der Waals surface area contributed by atoms with E-state index in [2.05, 4.69) is 0 Å². The number of hydrogen-bond acceptors (Lipinski definition) is 8. The van der Waals surface area contributed by atoms with Crippen molar-refractivity contribution in [2.24, 2.45) is 0 Å². The minimum atomic E-state index is -1.20. The van der Waals surface area contributed by atoms with Gasteiger partial charge in [-0.15, -0.1) is 0 Å². The maximum absolute atomic E-state index is 13.8. The number of hydrogen-bond donors (Lipinski definition) is 2. The van der Waals surface area contributed by atoms with Crippen LogP contribution in [-0.2, 0) is 4.74 Å². The first-order chi connectivity index (χ1) is 18.7. The lowest BCUT2D eigenvalue weighted by Crippen LogP contribution is -2.21. The van der Waals surface area contributed by atoms with Crippen molar-refractivity contribution in [3.05, 3.63) is 124 Å². The third kappa shape index (κ3) is 5.37. The van der Waals surface area contributed by atoms with Gasteiger partial charge in [0.2, 0.25) is 5.75 Å². The Morgan fingerprint density at radius 1 is 0.641 bits per heavy atom. The Bertz CT molecular complexity index is 1560. The highest BCUT2D eigenvalue weighted by atomic mass is 19.1. The molecular formula is C30H21FO8. The van der Waals surface area contributed by atoms with E-state index in [0.717, 1.165) is 24.3 Å². The summed E-state index contributed by atoms with van der Waals surface area (Å²) in [5.74, 6) is -7.91. The minimum Gasteiger partial charge on any atom is -0.504 e. The second kappa shape index (κ2) is 11.4. The summed E-state index contributed by atoms with van der Waals surface area (Å²) in [5.41, 5.74) is -2.31. The number of rotatable bonds is 8. The molecule has 4 aromatic rings. The molecule has 0 heterocycles. The summed E-state index contributed by atoms with van der Waals surface area (Å²) in [7, 11) is 0. The molecule has 0 unspecified atom stereocenters.